The lowest BCUT2D eigenvalue weighted by atomic mass is 10.0. The first-order chi connectivity index (χ1) is 10.6. The zero-order valence-corrected chi connectivity index (χ0v) is 12.4. The Balaban J connectivity index is 1.87. The summed E-state index contributed by atoms with van der Waals surface area (Å²) in [5.74, 6) is 0.338. The van der Waals surface area contributed by atoms with Crippen LogP contribution in [0.4, 0.5) is 5.95 Å². The van der Waals surface area contributed by atoms with Crippen molar-refractivity contribution in [1.82, 2.24) is 9.97 Å². The van der Waals surface area contributed by atoms with E-state index >= 15 is 0 Å². The van der Waals surface area contributed by atoms with Crippen LogP contribution in [-0.2, 0) is 0 Å². The minimum absolute atomic E-state index is 0.200. The Morgan fingerprint density at radius 2 is 1.91 bits per heavy atom. The van der Waals surface area contributed by atoms with Crippen molar-refractivity contribution in [3.8, 4) is 0 Å². The summed E-state index contributed by atoms with van der Waals surface area (Å²) in [5.41, 5.74) is 5.07. The zero-order chi connectivity index (χ0) is 15.5. The lowest BCUT2D eigenvalue weighted by Gasteiger charge is -2.05. The van der Waals surface area contributed by atoms with E-state index < -0.39 is 0 Å². The molecular formula is C17H16N4O. The van der Waals surface area contributed by atoms with Gasteiger partial charge in [-0.3, -0.25) is 9.78 Å². The molecule has 0 saturated carbocycles. The Bertz CT molecular complexity index is 912. The molecule has 22 heavy (non-hydrogen) atoms. The molecule has 0 atom stereocenters. The van der Waals surface area contributed by atoms with Gasteiger partial charge >= 0.3 is 0 Å². The lowest BCUT2D eigenvalue weighted by molar-refractivity contribution is 1.04. The van der Waals surface area contributed by atoms with Gasteiger partial charge in [-0.05, 0) is 36.2 Å². The summed E-state index contributed by atoms with van der Waals surface area (Å²) in [5, 5.41) is 6.64. The quantitative estimate of drug-likeness (QED) is 0.575. The lowest BCUT2D eigenvalue weighted by Crippen LogP contribution is -2.11. The van der Waals surface area contributed by atoms with Crippen LogP contribution in [0.15, 0.2) is 58.4 Å². The fraction of sp³-hybridized carbons (Fsp3) is 0.118. The SMILES string of the molecule is C/C(=N\Nc1nc(C)cc(=O)[nH]1)c1ccc2ccccc2c1. The second-order valence-corrected chi connectivity index (χ2v) is 5.11. The number of nitrogens with one attached hydrogen (secondary N) is 2. The molecule has 3 aromatic rings. The molecule has 0 fully saturated rings. The fourth-order valence-corrected chi connectivity index (χ4v) is 2.25. The maximum absolute atomic E-state index is 11.4. The molecule has 0 saturated heterocycles. The van der Waals surface area contributed by atoms with Crippen LogP contribution in [0, 0.1) is 6.92 Å². The molecule has 3 rings (SSSR count). The van der Waals surface area contributed by atoms with Gasteiger partial charge in [0.15, 0.2) is 0 Å². The summed E-state index contributed by atoms with van der Waals surface area (Å²) in [7, 11) is 0. The van der Waals surface area contributed by atoms with Crippen molar-refractivity contribution in [2.75, 3.05) is 5.43 Å². The summed E-state index contributed by atoms with van der Waals surface area (Å²) in [4.78, 5) is 18.2. The van der Waals surface area contributed by atoms with Crippen molar-refractivity contribution >= 4 is 22.4 Å². The number of hydrogen-bond acceptors (Lipinski definition) is 4. The van der Waals surface area contributed by atoms with Gasteiger partial charge in [-0.25, -0.2) is 10.4 Å². The van der Waals surface area contributed by atoms with Crippen molar-refractivity contribution < 1.29 is 0 Å². The molecule has 1 heterocycles. The van der Waals surface area contributed by atoms with Gasteiger partial charge in [-0.1, -0.05) is 36.4 Å². The molecule has 5 nitrogen and oxygen atoms in total. The van der Waals surface area contributed by atoms with E-state index in [-0.39, 0.29) is 5.56 Å². The maximum Gasteiger partial charge on any atom is 0.252 e. The topological polar surface area (TPSA) is 70.1 Å². The molecule has 0 radical (unpaired) electrons. The van der Waals surface area contributed by atoms with E-state index in [4.69, 9.17) is 0 Å². The zero-order valence-electron chi connectivity index (χ0n) is 12.4. The van der Waals surface area contributed by atoms with Crippen molar-refractivity contribution in [1.29, 1.82) is 0 Å². The highest BCUT2D eigenvalue weighted by molar-refractivity contribution is 6.02. The van der Waals surface area contributed by atoms with E-state index in [1.54, 1.807) is 6.92 Å². The van der Waals surface area contributed by atoms with Gasteiger partial charge in [0, 0.05) is 11.8 Å². The number of aromatic amines is 1. The van der Waals surface area contributed by atoms with Gasteiger partial charge < -0.3 is 0 Å². The number of nitrogens with zero attached hydrogens (tertiary/aromatic N) is 2. The van der Waals surface area contributed by atoms with Crippen LogP contribution in [0.2, 0.25) is 0 Å². The van der Waals surface area contributed by atoms with Crippen LogP contribution in [-0.4, -0.2) is 15.7 Å². The molecule has 0 unspecified atom stereocenters. The number of aryl methyl sites for hydroxylation is 1. The summed E-state index contributed by atoms with van der Waals surface area (Å²) >= 11 is 0. The van der Waals surface area contributed by atoms with Crippen molar-refractivity contribution in [3.05, 3.63) is 70.1 Å². The van der Waals surface area contributed by atoms with E-state index in [1.165, 1.54) is 11.5 Å². The molecule has 1 aromatic heterocycles. The molecule has 0 amide bonds. The summed E-state index contributed by atoms with van der Waals surface area (Å²) in [6.07, 6.45) is 0. The Hall–Kier alpha value is -2.95. The highest BCUT2D eigenvalue weighted by Crippen LogP contribution is 2.16. The Morgan fingerprint density at radius 1 is 1.14 bits per heavy atom. The average Bonchev–Trinajstić information content (AvgIpc) is 2.51. The summed E-state index contributed by atoms with van der Waals surface area (Å²) in [6, 6.07) is 15.8. The summed E-state index contributed by atoms with van der Waals surface area (Å²) in [6.45, 7) is 3.67. The number of anilines is 1. The molecule has 5 heteroatoms. The number of rotatable bonds is 3. The third-order valence-corrected chi connectivity index (χ3v) is 3.37. The van der Waals surface area contributed by atoms with Crippen molar-refractivity contribution in [2.24, 2.45) is 5.10 Å². The number of H-pyrrole nitrogens is 1. The second-order valence-electron chi connectivity index (χ2n) is 5.11. The van der Waals surface area contributed by atoms with E-state index in [9.17, 15) is 4.79 Å². The van der Waals surface area contributed by atoms with Crippen LogP contribution in [0.1, 0.15) is 18.2 Å². The van der Waals surface area contributed by atoms with Gasteiger partial charge in [-0.2, -0.15) is 5.10 Å². The predicted octanol–water partition coefficient (Wildman–Crippen LogP) is 3.07. The maximum atomic E-state index is 11.4. The van der Waals surface area contributed by atoms with Crippen molar-refractivity contribution in [3.63, 3.8) is 0 Å². The monoisotopic (exact) mass is 292 g/mol. The van der Waals surface area contributed by atoms with Crippen LogP contribution in [0.25, 0.3) is 10.8 Å². The van der Waals surface area contributed by atoms with Gasteiger partial charge in [0.2, 0.25) is 5.95 Å². The first-order valence-corrected chi connectivity index (χ1v) is 6.99. The first-order valence-electron chi connectivity index (χ1n) is 6.99. The molecule has 0 aliphatic rings. The first kappa shape index (κ1) is 14.0. The number of hydrogen-bond donors (Lipinski definition) is 2. The minimum Gasteiger partial charge on any atom is -0.291 e. The number of fused-ring (bicyclic) bond motifs is 1. The molecule has 0 aliphatic carbocycles. The number of hydrazone groups is 1. The molecule has 110 valence electrons. The highest BCUT2D eigenvalue weighted by atomic mass is 16.1. The molecular weight excluding hydrogens is 276 g/mol. The van der Waals surface area contributed by atoms with Crippen LogP contribution < -0.4 is 11.0 Å². The standard InChI is InChI=1S/C17H16N4O/c1-11-9-16(22)19-17(18-11)21-20-12(2)14-8-7-13-5-3-4-6-15(13)10-14/h3-10H,1-2H3,(H2,18,19,21,22)/b20-12+. The third kappa shape index (κ3) is 3.03. The van der Waals surface area contributed by atoms with Gasteiger partial charge in [-0.15, -0.1) is 0 Å². The predicted molar refractivity (Wildman–Crippen MR) is 89.4 cm³/mol. The van der Waals surface area contributed by atoms with Crippen LogP contribution in [0.5, 0.6) is 0 Å². The highest BCUT2D eigenvalue weighted by Gasteiger charge is 2.01. The number of aromatic nitrogens is 2. The molecule has 0 bridgehead atoms. The average molecular weight is 292 g/mol. The van der Waals surface area contributed by atoms with E-state index in [1.807, 2.05) is 25.1 Å². The number of benzene rings is 2. The Kier molecular flexibility index (Phi) is 3.70. The largest absolute Gasteiger partial charge is 0.291 e. The molecule has 0 spiro atoms. The Labute approximate surface area is 127 Å². The molecule has 2 aromatic carbocycles. The van der Waals surface area contributed by atoms with Crippen LogP contribution >= 0.6 is 0 Å². The van der Waals surface area contributed by atoms with E-state index in [0.29, 0.717) is 11.6 Å². The second kappa shape index (κ2) is 5.81. The molecule has 2 N–H and O–H groups in total. The molecule has 0 aliphatic heterocycles. The Morgan fingerprint density at radius 3 is 2.68 bits per heavy atom. The van der Waals surface area contributed by atoms with Gasteiger partial charge in [0.25, 0.3) is 5.56 Å². The van der Waals surface area contributed by atoms with Crippen molar-refractivity contribution in [2.45, 2.75) is 13.8 Å². The normalized spacial score (nSPS) is 11.6. The fourth-order valence-electron chi connectivity index (χ4n) is 2.25. The van der Waals surface area contributed by atoms with Crippen LogP contribution in [0.3, 0.4) is 0 Å². The van der Waals surface area contributed by atoms with E-state index in [2.05, 4.69) is 44.8 Å². The minimum atomic E-state index is -0.200. The summed E-state index contributed by atoms with van der Waals surface area (Å²) < 4.78 is 0. The van der Waals surface area contributed by atoms with E-state index in [0.717, 1.165) is 16.7 Å². The third-order valence-electron chi connectivity index (χ3n) is 3.37. The van der Waals surface area contributed by atoms with Gasteiger partial charge in [0.05, 0.1) is 5.71 Å². The van der Waals surface area contributed by atoms with Gasteiger partial charge in [0.1, 0.15) is 0 Å². The smallest absolute Gasteiger partial charge is 0.252 e.